The molecule has 0 fully saturated rings. The summed E-state index contributed by atoms with van der Waals surface area (Å²) in [7, 11) is -1.69. The molecule has 0 saturated carbocycles. The molecule has 18 heavy (non-hydrogen) atoms. The van der Waals surface area contributed by atoms with Crippen LogP contribution in [0.5, 0.6) is 0 Å². The van der Waals surface area contributed by atoms with Crippen molar-refractivity contribution < 1.29 is 4.43 Å². The summed E-state index contributed by atoms with van der Waals surface area (Å²) >= 11 is 0. The Balaban J connectivity index is 2.64. The predicted octanol–water partition coefficient (Wildman–Crippen LogP) is 4.02. The van der Waals surface area contributed by atoms with E-state index in [2.05, 4.69) is 65.1 Å². The van der Waals surface area contributed by atoms with Crippen molar-refractivity contribution in [3.63, 3.8) is 0 Å². The second-order valence-electron chi connectivity index (χ2n) is 6.59. The van der Waals surface area contributed by atoms with Crippen molar-refractivity contribution in [3.05, 3.63) is 35.4 Å². The molecular formula is C15H27NOSi. The molecule has 0 aliphatic rings. The van der Waals surface area contributed by atoms with E-state index in [1.54, 1.807) is 0 Å². The molecule has 1 aromatic rings. The number of rotatable bonds is 4. The van der Waals surface area contributed by atoms with Gasteiger partial charge in [-0.3, -0.25) is 0 Å². The highest BCUT2D eigenvalue weighted by Crippen LogP contribution is 2.36. The van der Waals surface area contributed by atoms with Crippen molar-refractivity contribution in [2.24, 2.45) is 5.73 Å². The summed E-state index contributed by atoms with van der Waals surface area (Å²) in [6.45, 7) is 14.0. The van der Waals surface area contributed by atoms with Gasteiger partial charge in [-0.2, -0.15) is 0 Å². The fourth-order valence-corrected chi connectivity index (χ4v) is 2.54. The molecule has 0 amide bonds. The van der Waals surface area contributed by atoms with E-state index in [4.69, 9.17) is 10.2 Å². The summed E-state index contributed by atoms with van der Waals surface area (Å²) in [5, 5.41) is 0.235. The van der Waals surface area contributed by atoms with Gasteiger partial charge < -0.3 is 10.2 Å². The third-order valence-corrected chi connectivity index (χ3v) is 8.40. The van der Waals surface area contributed by atoms with Crippen LogP contribution < -0.4 is 5.73 Å². The molecule has 0 aliphatic heterocycles. The maximum atomic E-state index is 6.21. The van der Waals surface area contributed by atoms with Gasteiger partial charge in [0, 0.05) is 0 Å². The number of nitrogens with two attached hydrogens (primary N) is 1. The third-order valence-electron chi connectivity index (χ3n) is 3.90. The summed E-state index contributed by atoms with van der Waals surface area (Å²) in [5.74, 6) is 0. The zero-order chi connectivity index (χ0) is 14.0. The van der Waals surface area contributed by atoms with Crippen LogP contribution in [0.4, 0.5) is 0 Å². The molecular weight excluding hydrogens is 238 g/mol. The van der Waals surface area contributed by atoms with Crippen LogP contribution in [0.2, 0.25) is 18.1 Å². The monoisotopic (exact) mass is 265 g/mol. The lowest BCUT2D eigenvalue weighted by atomic mass is 10.1. The first-order chi connectivity index (χ1) is 8.13. The van der Waals surface area contributed by atoms with Gasteiger partial charge in [0.15, 0.2) is 8.32 Å². The Hall–Kier alpha value is -0.643. The van der Waals surface area contributed by atoms with Crippen molar-refractivity contribution in [3.8, 4) is 0 Å². The lowest BCUT2D eigenvalue weighted by Gasteiger charge is -2.37. The Labute approximate surface area is 113 Å². The second kappa shape index (κ2) is 5.55. The number of hydrogen-bond acceptors (Lipinski definition) is 2. The molecule has 1 rings (SSSR count). The summed E-state index contributed by atoms with van der Waals surface area (Å²) in [6.07, 6.45) is 0. The fraction of sp³-hybridized carbons (Fsp3) is 0.600. The highest BCUT2D eigenvalue weighted by atomic mass is 28.4. The zero-order valence-electron chi connectivity index (χ0n) is 12.6. The lowest BCUT2D eigenvalue weighted by Crippen LogP contribution is -2.42. The molecule has 0 unspecified atom stereocenters. The highest BCUT2D eigenvalue weighted by molar-refractivity contribution is 6.74. The summed E-state index contributed by atoms with van der Waals surface area (Å²) in [6, 6.07) is 8.33. The lowest BCUT2D eigenvalue weighted by molar-refractivity contribution is 0.264. The van der Waals surface area contributed by atoms with Gasteiger partial charge in [0.05, 0.1) is 12.6 Å². The van der Waals surface area contributed by atoms with Crippen molar-refractivity contribution >= 4 is 8.32 Å². The van der Waals surface area contributed by atoms with Crippen molar-refractivity contribution in [1.29, 1.82) is 0 Å². The van der Waals surface area contributed by atoms with Crippen LogP contribution in [0, 0.1) is 6.92 Å². The van der Waals surface area contributed by atoms with E-state index < -0.39 is 8.32 Å². The Morgan fingerprint density at radius 3 is 2.39 bits per heavy atom. The molecule has 0 bridgehead atoms. The van der Waals surface area contributed by atoms with Crippen LogP contribution >= 0.6 is 0 Å². The zero-order valence-corrected chi connectivity index (χ0v) is 13.6. The Kier molecular flexibility index (Phi) is 4.76. The predicted molar refractivity (Wildman–Crippen MR) is 81.3 cm³/mol. The maximum absolute atomic E-state index is 6.21. The molecule has 2 nitrogen and oxygen atoms in total. The van der Waals surface area contributed by atoms with Gasteiger partial charge in [-0.15, -0.1) is 0 Å². The molecule has 1 aromatic carbocycles. The fourth-order valence-electron chi connectivity index (χ4n) is 1.51. The third kappa shape index (κ3) is 3.94. The molecule has 0 saturated heterocycles. The Morgan fingerprint density at radius 2 is 1.89 bits per heavy atom. The first-order valence-corrected chi connectivity index (χ1v) is 9.50. The van der Waals surface area contributed by atoms with Crippen LogP contribution in [0.25, 0.3) is 0 Å². The average molecular weight is 265 g/mol. The first-order valence-electron chi connectivity index (χ1n) is 6.59. The highest BCUT2D eigenvalue weighted by Gasteiger charge is 2.37. The maximum Gasteiger partial charge on any atom is 0.192 e. The van der Waals surface area contributed by atoms with E-state index in [1.807, 2.05) is 0 Å². The van der Waals surface area contributed by atoms with Gasteiger partial charge in [0.2, 0.25) is 0 Å². The number of aryl methyl sites for hydroxylation is 1. The minimum Gasteiger partial charge on any atom is -0.415 e. The van der Waals surface area contributed by atoms with Crippen LogP contribution in [-0.4, -0.2) is 14.9 Å². The standard InChI is InChI=1S/C15H27NOSi/c1-12-8-7-9-13(10-12)14(16)11-17-18(5,6)15(2,3)4/h7-10,14H,11,16H2,1-6H3/t14-/m1/s1. The van der Waals surface area contributed by atoms with Gasteiger partial charge in [-0.05, 0) is 30.6 Å². The molecule has 0 aliphatic carbocycles. The number of hydrogen-bond donors (Lipinski definition) is 1. The average Bonchev–Trinajstić information content (AvgIpc) is 2.24. The van der Waals surface area contributed by atoms with E-state index in [9.17, 15) is 0 Å². The van der Waals surface area contributed by atoms with E-state index in [1.165, 1.54) is 5.56 Å². The van der Waals surface area contributed by atoms with E-state index in [0.717, 1.165) is 5.56 Å². The molecule has 2 N–H and O–H groups in total. The first kappa shape index (κ1) is 15.4. The normalized spacial score (nSPS) is 14.6. The molecule has 0 aromatic heterocycles. The molecule has 0 spiro atoms. The van der Waals surface area contributed by atoms with Gasteiger partial charge >= 0.3 is 0 Å². The molecule has 0 radical (unpaired) electrons. The molecule has 102 valence electrons. The van der Waals surface area contributed by atoms with Crippen LogP contribution in [0.3, 0.4) is 0 Å². The van der Waals surface area contributed by atoms with Crippen LogP contribution in [0.15, 0.2) is 24.3 Å². The van der Waals surface area contributed by atoms with Crippen LogP contribution in [-0.2, 0) is 4.43 Å². The van der Waals surface area contributed by atoms with Gasteiger partial charge in [0.1, 0.15) is 0 Å². The summed E-state index contributed by atoms with van der Waals surface area (Å²) in [5.41, 5.74) is 8.62. The van der Waals surface area contributed by atoms with Gasteiger partial charge in [-0.25, -0.2) is 0 Å². The minimum absolute atomic E-state index is 0.0287. The molecule has 1 atom stereocenters. The number of benzene rings is 1. The van der Waals surface area contributed by atoms with Gasteiger partial charge in [0.25, 0.3) is 0 Å². The van der Waals surface area contributed by atoms with Crippen molar-refractivity contribution in [1.82, 2.24) is 0 Å². The van der Waals surface area contributed by atoms with Gasteiger partial charge in [-0.1, -0.05) is 50.6 Å². The van der Waals surface area contributed by atoms with E-state index >= 15 is 0 Å². The topological polar surface area (TPSA) is 35.2 Å². The smallest absolute Gasteiger partial charge is 0.192 e. The Bertz CT molecular complexity index is 396. The van der Waals surface area contributed by atoms with E-state index in [0.29, 0.717) is 6.61 Å². The largest absolute Gasteiger partial charge is 0.415 e. The molecule has 0 heterocycles. The van der Waals surface area contributed by atoms with Crippen molar-refractivity contribution in [2.75, 3.05) is 6.61 Å². The van der Waals surface area contributed by atoms with E-state index in [-0.39, 0.29) is 11.1 Å². The quantitative estimate of drug-likeness (QED) is 0.835. The minimum atomic E-state index is -1.69. The van der Waals surface area contributed by atoms with Crippen molar-refractivity contribution in [2.45, 2.75) is 51.9 Å². The summed E-state index contributed by atoms with van der Waals surface area (Å²) < 4.78 is 6.16. The summed E-state index contributed by atoms with van der Waals surface area (Å²) in [4.78, 5) is 0. The molecule has 3 heteroatoms. The second-order valence-corrected chi connectivity index (χ2v) is 11.4. The van der Waals surface area contributed by atoms with Crippen LogP contribution in [0.1, 0.15) is 37.9 Å². The Morgan fingerprint density at radius 1 is 1.28 bits per heavy atom. The SMILES string of the molecule is Cc1cccc([C@H](N)CO[Si](C)(C)C(C)(C)C)c1.